The van der Waals surface area contributed by atoms with E-state index in [9.17, 15) is 4.39 Å². The normalized spacial score (nSPS) is 10.3. The lowest BCUT2D eigenvalue weighted by atomic mass is 10.2. The first-order valence-corrected chi connectivity index (χ1v) is 6.38. The van der Waals surface area contributed by atoms with Gasteiger partial charge in [0.2, 0.25) is 0 Å². The zero-order chi connectivity index (χ0) is 14.0. The molecule has 0 heterocycles. The van der Waals surface area contributed by atoms with Crippen molar-refractivity contribution in [1.82, 2.24) is 0 Å². The molecule has 2 aromatic rings. The molecule has 0 saturated heterocycles. The largest absolute Gasteiger partial charge is 0.389 e. The van der Waals surface area contributed by atoms with Crippen LogP contribution in [0, 0.1) is 12.7 Å². The third kappa shape index (κ3) is 3.22. The molecular weight excluding hydrogens is 283 g/mol. The van der Waals surface area contributed by atoms with E-state index in [0.29, 0.717) is 22.0 Å². The number of nitrogens with one attached hydrogen (secondary N) is 1. The summed E-state index contributed by atoms with van der Waals surface area (Å²) in [6.07, 6.45) is 0. The van der Waals surface area contributed by atoms with Crippen LogP contribution in [0.1, 0.15) is 11.1 Å². The van der Waals surface area contributed by atoms with Gasteiger partial charge < -0.3 is 11.1 Å². The van der Waals surface area contributed by atoms with Crippen LogP contribution in [-0.4, -0.2) is 4.99 Å². The van der Waals surface area contributed by atoms with E-state index in [-0.39, 0.29) is 4.99 Å². The average Bonchev–Trinajstić information content (AvgIpc) is 2.34. The van der Waals surface area contributed by atoms with E-state index in [1.165, 1.54) is 6.07 Å². The minimum absolute atomic E-state index is 0.166. The summed E-state index contributed by atoms with van der Waals surface area (Å²) in [5.41, 5.74) is 7.96. The molecule has 0 aliphatic heterocycles. The highest BCUT2D eigenvalue weighted by molar-refractivity contribution is 7.80. The molecule has 2 rings (SSSR count). The molecule has 2 nitrogen and oxygen atoms in total. The van der Waals surface area contributed by atoms with E-state index >= 15 is 0 Å². The topological polar surface area (TPSA) is 38.0 Å². The van der Waals surface area contributed by atoms with Gasteiger partial charge in [-0.15, -0.1) is 0 Å². The first-order valence-electron chi connectivity index (χ1n) is 5.60. The Morgan fingerprint density at radius 3 is 2.47 bits per heavy atom. The molecule has 0 spiro atoms. The molecule has 3 N–H and O–H groups in total. The monoisotopic (exact) mass is 294 g/mol. The number of halogens is 2. The number of hydrogen-bond acceptors (Lipinski definition) is 2. The molecule has 0 aliphatic carbocycles. The molecule has 0 fully saturated rings. The molecule has 2 aromatic carbocycles. The second-order valence-electron chi connectivity index (χ2n) is 4.17. The molecule has 0 bridgehead atoms. The van der Waals surface area contributed by atoms with Crippen molar-refractivity contribution >= 4 is 40.2 Å². The van der Waals surface area contributed by atoms with Crippen LogP contribution in [0.25, 0.3) is 0 Å². The highest BCUT2D eigenvalue weighted by atomic mass is 35.5. The predicted molar refractivity (Wildman–Crippen MR) is 81.8 cm³/mol. The minimum Gasteiger partial charge on any atom is -0.389 e. The number of rotatable bonds is 3. The van der Waals surface area contributed by atoms with Gasteiger partial charge in [0.1, 0.15) is 10.8 Å². The van der Waals surface area contributed by atoms with Crippen LogP contribution >= 0.6 is 23.8 Å². The van der Waals surface area contributed by atoms with Gasteiger partial charge in [-0.2, -0.15) is 0 Å². The lowest BCUT2D eigenvalue weighted by Crippen LogP contribution is -2.09. The van der Waals surface area contributed by atoms with Crippen LogP contribution < -0.4 is 11.1 Å². The standard InChI is InChI=1S/C14H12ClFN2S/c1-8-2-4-12(10(15)6-8)18-13-5-3-9(14(17)19)7-11(13)16/h2-7,18H,1H3,(H2,17,19). The Morgan fingerprint density at radius 2 is 1.89 bits per heavy atom. The Morgan fingerprint density at radius 1 is 1.21 bits per heavy atom. The van der Waals surface area contributed by atoms with Gasteiger partial charge in [0.15, 0.2) is 0 Å². The Balaban J connectivity index is 2.31. The minimum atomic E-state index is -0.429. The lowest BCUT2D eigenvalue weighted by Gasteiger charge is -2.10. The van der Waals surface area contributed by atoms with Crippen molar-refractivity contribution in [1.29, 1.82) is 0 Å². The Kier molecular flexibility index (Phi) is 4.02. The highest BCUT2D eigenvalue weighted by Gasteiger charge is 2.07. The van der Waals surface area contributed by atoms with E-state index in [0.717, 1.165) is 5.56 Å². The Labute approximate surface area is 121 Å². The molecule has 19 heavy (non-hydrogen) atoms. The molecular formula is C14H12ClFN2S. The van der Waals surface area contributed by atoms with Gasteiger partial charge in [-0.25, -0.2) is 4.39 Å². The average molecular weight is 295 g/mol. The molecule has 0 aliphatic rings. The second kappa shape index (κ2) is 5.55. The van der Waals surface area contributed by atoms with Crippen molar-refractivity contribution in [2.24, 2.45) is 5.73 Å². The number of anilines is 2. The zero-order valence-electron chi connectivity index (χ0n) is 10.2. The van der Waals surface area contributed by atoms with E-state index < -0.39 is 5.82 Å². The summed E-state index contributed by atoms with van der Waals surface area (Å²) in [6, 6.07) is 10.1. The van der Waals surface area contributed by atoms with Gasteiger partial charge in [0.05, 0.1) is 16.4 Å². The van der Waals surface area contributed by atoms with Crippen molar-refractivity contribution in [3.05, 3.63) is 58.4 Å². The molecule has 5 heteroatoms. The van der Waals surface area contributed by atoms with E-state index in [4.69, 9.17) is 29.6 Å². The van der Waals surface area contributed by atoms with Crippen LogP contribution in [0.3, 0.4) is 0 Å². The maximum absolute atomic E-state index is 13.9. The van der Waals surface area contributed by atoms with Crippen molar-refractivity contribution in [3.63, 3.8) is 0 Å². The van der Waals surface area contributed by atoms with E-state index in [1.807, 2.05) is 19.1 Å². The van der Waals surface area contributed by atoms with Gasteiger partial charge in [0.25, 0.3) is 0 Å². The maximum Gasteiger partial charge on any atom is 0.147 e. The zero-order valence-corrected chi connectivity index (χ0v) is 11.8. The number of aryl methyl sites for hydroxylation is 1. The van der Waals surface area contributed by atoms with Crippen LogP contribution in [0.5, 0.6) is 0 Å². The van der Waals surface area contributed by atoms with Crippen molar-refractivity contribution < 1.29 is 4.39 Å². The predicted octanol–water partition coefficient (Wildman–Crippen LogP) is 4.17. The Hall–Kier alpha value is -1.65. The lowest BCUT2D eigenvalue weighted by molar-refractivity contribution is 0.631. The molecule has 0 atom stereocenters. The number of thiocarbonyl (C=S) groups is 1. The van der Waals surface area contributed by atoms with E-state index in [1.54, 1.807) is 18.2 Å². The summed E-state index contributed by atoms with van der Waals surface area (Å²) < 4.78 is 13.9. The smallest absolute Gasteiger partial charge is 0.147 e. The van der Waals surface area contributed by atoms with Gasteiger partial charge in [-0.3, -0.25) is 0 Å². The van der Waals surface area contributed by atoms with Crippen molar-refractivity contribution in [2.45, 2.75) is 6.92 Å². The fourth-order valence-electron chi connectivity index (χ4n) is 1.64. The molecule has 98 valence electrons. The molecule has 0 saturated carbocycles. The van der Waals surface area contributed by atoms with Crippen LogP contribution in [0.4, 0.5) is 15.8 Å². The fraction of sp³-hybridized carbons (Fsp3) is 0.0714. The molecule has 0 unspecified atom stereocenters. The first kappa shape index (κ1) is 13.8. The van der Waals surface area contributed by atoms with Crippen LogP contribution in [-0.2, 0) is 0 Å². The van der Waals surface area contributed by atoms with Crippen LogP contribution in [0.2, 0.25) is 5.02 Å². The fourth-order valence-corrected chi connectivity index (χ4v) is 2.05. The summed E-state index contributed by atoms with van der Waals surface area (Å²) in [5.74, 6) is -0.429. The van der Waals surface area contributed by atoms with Gasteiger partial charge in [0, 0.05) is 5.56 Å². The number of nitrogens with two attached hydrogens (primary N) is 1. The maximum atomic E-state index is 13.9. The highest BCUT2D eigenvalue weighted by Crippen LogP contribution is 2.27. The van der Waals surface area contributed by atoms with Crippen molar-refractivity contribution in [2.75, 3.05) is 5.32 Å². The molecule has 0 radical (unpaired) electrons. The van der Waals surface area contributed by atoms with Gasteiger partial charge in [-0.1, -0.05) is 29.9 Å². The third-order valence-electron chi connectivity index (χ3n) is 2.65. The van der Waals surface area contributed by atoms with E-state index in [2.05, 4.69) is 5.32 Å². The summed E-state index contributed by atoms with van der Waals surface area (Å²) in [6.45, 7) is 1.94. The summed E-state index contributed by atoms with van der Waals surface area (Å²) in [5, 5.41) is 3.48. The SMILES string of the molecule is Cc1ccc(Nc2ccc(C(N)=S)cc2F)c(Cl)c1. The third-order valence-corrected chi connectivity index (χ3v) is 3.20. The molecule has 0 aromatic heterocycles. The quantitative estimate of drug-likeness (QED) is 0.835. The number of hydrogen-bond donors (Lipinski definition) is 2. The second-order valence-corrected chi connectivity index (χ2v) is 5.01. The van der Waals surface area contributed by atoms with Crippen LogP contribution in [0.15, 0.2) is 36.4 Å². The van der Waals surface area contributed by atoms with Gasteiger partial charge >= 0.3 is 0 Å². The van der Waals surface area contributed by atoms with Gasteiger partial charge in [-0.05, 0) is 42.8 Å². The molecule has 0 amide bonds. The summed E-state index contributed by atoms with van der Waals surface area (Å²) >= 11 is 10.9. The first-order chi connectivity index (χ1) is 8.97. The Bertz CT molecular complexity index is 643. The van der Waals surface area contributed by atoms with Crippen molar-refractivity contribution in [3.8, 4) is 0 Å². The summed E-state index contributed by atoms with van der Waals surface area (Å²) in [7, 11) is 0. The summed E-state index contributed by atoms with van der Waals surface area (Å²) in [4.78, 5) is 0.166. The number of benzene rings is 2.